The van der Waals surface area contributed by atoms with E-state index in [0.29, 0.717) is 37.7 Å². The maximum atomic E-state index is 10.00. The van der Waals surface area contributed by atoms with Gasteiger partial charge in [0, 0.05) is 6.42 Å². The maximum Gasteiger partial charge on any atom is 0.292 e. The molecule has 1 aromatic carbocycles. The van der Waals surface area contributed by atoms with Gasteiger partial charge in [-0.15, -0.1) is 5.26 Å². The highest BCUT2D eigenvalue weighted by molar-refractivity contribution is 5.49. The lowest BCUT2D eigenvalue weighted by atomic mass is 10.3. The summed E-state index contributed by atoms with van der Waals surface area (Å²) in [6.07, 6.45) is 2.80. The first-order valence-corrected chi connectivity index (χ1v) is 5.17. The third-order valence-electron chi connectivity index (χ3n) is 1.86. The number of benzene rings is 1. The average molecular weight is 235 g/mol. The van der Waals surface area contributed by atoms with Crippen molar-refractivity contribution in [2.75, 3.05) is 19.8 Å². The lowest BCUT2D eigenvalue weighted by Gasteiger charge is -2.06. The molecule has 0 saturated heterocycles. The van der Waals surface area contributed by atoms with Gasteiger partial charge in [0.25, 0.3) is 6.26 Å². The topological polar surface area (TPSA) is 68.6 Å². The van der Waals surface area contributed by atoms with Gasteiger partial charge in [-0.05, 0) is 24.3 Å². The molecule has 17 heavy (non-hydrogen) atoms. The summed E-state index contributed by atoms with van der Waals surface area (Å²) in [4.78, 5) is 10.00. The summed E-state index contributed by atoms with van der Waals surface area (Å²) in [6, 6.07) is 6.70. The number of rotatable bonds is 8. The van der Waals surface area contributed by atoms with E-state index in [1.807, 2.05) is 0 Å². The van der Waals surface area contributed by atoms with Gasteiger partial charge in [-0.2, -0.15) is 0 Å². The Morgan fingerprint density at radius 3 is 2.47 bits per heavy atom. The Kier molecular flexibility index (Phi) is 6.22. The molecule has 0 heterocycles. The molecule has 0 spiro atoms. The van der Waals surface area contributed by atoms with Crippen LogP contribution >= 0.6 is 0 Å². The fraction of sp³-hybridized carbons (Fsp3) is 0.333. The first-order chi connectivity index (χ1) is 8.36. The van der Waals surface area contributed by atoms with Gasteiger partial charge in [-0.3, -0.25) is 0 Å². The van der Waals surface area contributed by atoms with Crippen LogP contribution in [-0.4, -0.2) is 26.1 Å². The molecule has 0 aliphatic heterocycles. The Bertz CT molecular complexity index is 369. The number of hydrogen-bond acceptors (Lipinski definition) is 5. The summed E-state index contributed by atoms with van der Waals surface area (Å²) in [5.41, 5.74) is 0. The van der Waals surface area contributed by atoms with E-state index in [1.54, 1.807) is 30.5 Å². The van der Waals surface area contributed by atoms with E-state index in [1.165, 1.54) is 0 Å². The van der Waals surface area contributed by atoms with Crippen LogP contribution in [0, 0.1) is 11.5 Å². The van der Waals surface area contributed by atoms with Crippen LogP contribution in [0.2, 0.25) is 0 Å². The van der Waals surface area contributed by atoms with Crippen LogP contribution in [0.1, 0.15) is 6.42 Å². The number of nitriles is 1. The summed E-state index contributed by atoms with van der Waals surface area (Å²) in [7, 11) is 0. The number of hydrogen-bond donors (Lipinski definition) is 0. The van der Waals surface area contributed by atoms with Crippen LogP contribution in [-0.2, 0) is 9.53 Å². The maximum absolute atomic E-state index is 10.00. The minimum Gasteiger partial charge on any atom is -0.491 e. The zero-order valence-corrected chi connectivity index (χ0v) is 9.30. The van der Waals surface area contributed by atoms with Crippen LogP contribution < -0.4 is 9.47 Å². The van der Waals surface area contributed by atoms with E-state index in [0.717, 1.165) is 6.29 Å². The summed E-state index contributed by atoms with van der Waals surface area (Å²) in [6.45, 7) is 1.27. The Hall–Kier alpha value is -2.06. The van der Waals surface area contributed by atoms with Crippen LogP contribution in [0.15, 0.2) is 24.3 Å². The molecular formula is C12H13NO4. The molecule has 90 valence electrons. The van der Waals surface area contributed by atoms with Crippen molar-refractivity contribution in [1.82, 2.24) is 0 Å². The normalized spacial score (nSPS) is 9.35. The number of carbonyl (C=O) groups is 1. The highest BCUT2D eigenvalue weighted by Crippen LogP contribution is 2.17. The van der Waals surface area contributed by atoms with Crippen LogP contribution in [0.4, 0.5) is 0 Å². The lowest BCUT2D eigenvalue weighted by Crippen LogP contribution is -2.07. The molecule has 0 aliphatic carbocycles. The van der Waals surface area contributed by atoms with Crippen LogP contribution in [0.5, 0.6) is 11.5 Å². The van der Waals surface area contributed by atoms with Crippen LogP contribution in [0.25, 0.3) is 0 Å². The second-order valence-corrected chi connectivity index (χ2v) is 3.08. The number of aldehydes is 1. The molecule has 0 atom stereocenters. The molecule has 5 nitrogen and oxygen atoms in total. The predicted octanol–water partition coefficient (Wildman–Crippen LogP) is 1.53. The van der Waals surface area contributed by atoms with Gasteiger partial charge >= 0.3 is 0 Å². The molecule has 0 aliphatic rings. The minimum absolute atomic E-state index is 0.403. The van der Waals surface area contributed by atoms with E-state index in [-0.39, 0.29) is 0 Å². The number of nitrogens with zero attached hydrogens (tertiary/aromatic N) is 1. The van der Waals surface area contributed by atoms with Gasteiger partial charge in [0.05, 0.1) is 13.2 Å². The van der Waals surface area contributed by atoms with Crippen molar-refractivity contribution >= 4 is 6.29 Å². The van der Waals surface area contributed by atoms with Gasteiger partial charge in [0.1, 0.15) is 24.4 Å². The minimum atomic E-state index is 0.403. The SMILES string of the molecule is N#COc1ccc(OCCOCCC=O)cc1. The second kappa shape index (κ2) is 8.13. The zero-order valence-electron chi connectivity index (χ0n) is 9.30. The molecular weight excluding hydrogens is 222 g/mol. The Labute approximate surface area is 99.5 Å². The molecule has 5 heteroatoms. The van der Waals surface area contributed by atoms with Crippen molar-refractivity contribution < 1.29 is 19.0 Å². The number of carbonyl (C=O) groups excluding carboxylic acids is 1. The third kappa shape index (κ3) is 5.54. The molecule has 0 saturated carbocycles. The van der Waals surface area contributed by atoms with Gasteiger partial charge < -0.3 is 19.0 Å². The monoisotopic (exact) mass is 235 g/mol. The number of ether oxygens (including phenoxy) is 3. The predicted molar refractivity (Wildman–Crippen MR) is 59.7 cm³/mol. The molecule has 1 aromatic rings. The molecule has 0 amide bonds. The fourth-order valence-electron chi connectivity index (χ4n) is 1.11. The second-order valence-electron chi connectivity index (χ2n) is 3.08. The van der Waals surface area contributed by atoms with Gasteiger partial charge in [-0.1, -0.05) is 0 Å². The zero-order chi connectivity index (χ0) is 12.3. The van der Waals surface area contributed by atoms with E-state index in [2.05, 4.69) is 4.74 Å². The van der Waals surface area contributed by atoms with Crippen molar-refractivity contribution in [3.63, 3.8) is 0 Å². The van der Waals surface area contributed by atoms with Crippen molar-refractivity contribution in [3.8, 4) is 17.8 Å². The quantitative estimate of drug-likeness (QED) is 0.388. The molecule has 0 unspecified atom stereocenters. The van der Waals surface area contributed by atoms with E-state index in [9.17, 15) is 4.79 Å². The van der Waals surface area contributed by atoms with Gasteiger partial charge in [0.15, 0.2) is 0 Å². The van der Waals surface area contributed by atoms with Crippen molar-refractivity contribution in [2.45, 2.75) is 6.42 Å². The molecule has 0 bridgehead atoms. The van der Waals surface area contributed by atoms with Crippen molar-refractivity contribution in [3.05, 3.63) is 24.3 Å². The van der Waals surface area contributed by atoms with Crippen molar-refractivity contribution in [2.24, 2.45) is 0 Å². The summed E-state index contributed by atoms with van der Waals surface area (Å²) >= 11 is 0. The highest BCUT2D eigenvalue weighted by atomic mass is 16.5. The summed E-state index contributed by atoms with van der Waals surface area (Å²) in [5, 5.41) is 8.29. The molecule has 0 N–H and O–H groups in total. The first kappa shape index (κ1) is 13.0. The van der Waals surface area contributed by atoms with Gasteiger partial charge in [-0.25, -0.2) is 0 Å². The third-order valence-corrected chi connectivity index (χ3v) is 1.86. The Morgan fingerprint density at radius 1 is 1.12 bits per heavy atom. The molecule has 0 radical (unpaired) electrons. The molecule has 0 fully saturated rings. The largest absolute Gasteiger partial charge is 0.491 e. The summed E-state index contributed by atoms with van der Waals surface area (Å²) in [5.74, 6) is 1.15. The Morgan fingerprint density at radius 2 is 1.82 bits per heavy atom. The standard InChI is InChI=1S/C12H13NO4/c13-10-17-12-4-2-11(3-5-12)16-9-8-15-7-1-6-14/h2-6H,1,7-9H2. The van der Waals surface area contributed by atoms with Gasteiger partial charge in [0.2, 0.25) is 0 Å². The Balaban J connectivity index is 2.19. The molecule has 1 rings (SSSR count). The van der Waals surface area contributed by atoms with E-state index < -0.39 is 0 Å². The van der Waals surface area contributed by atoms with Crippen molar-refractivity contribution in [1.29, 1.82) is 5.26 Å². The average Bonchev–Trinajstić information content (AvgIpc) is 2.36. The summed E-state index contributed by atoms with van der Waals surface area (Å²) < 4.78 is 15.1. The van der Waals surface area contributed by atoms with E-state index in [4.69, 9.17) is 14.7 Å². The smallest absolute Gasteiger partial charge is 0.292 e. The highest BCUT2D eigenvalue weighted by Gasteiger charge is 1.96. The molecule has 0 aromatic heterocycles. The first-order valence-electron chi connectivity index (χ1n) is 5.17. The van der Waals surface area contributed by atoms with Crippen LogP contribution in [0.3, 0.4) is 0 Å². The fourth-order valence-corrected chi connectivity index (χ4v) is 1.11. The van der Waals surface area contributed by atoms with E-state index >= 15 is 0 Å². The lowest BCUT2D eigenvalue weighted by molar-refractivity contribution is -0.108.